The SMILES string of the molecule is CC1CCCN1CCc1nc2ccc(-c3cnc4ccccc4c3)cc2s1. The quantitative estimate of drug-likeness (QED) is 0.470. The molecule has 0 aliphatic carbocycles. The van der Waals surface area contributed by atoms with Gasteiger partial charge in [0.1, 0.15) is 0 Å². The smallest absolute Gasteiger partial charge is 0.0951 e. The molecule has 1 saturated heterocycles. The highest BCUT2D eigenvalue weighted by molar-refractivity contribution is 7.18. The molecule has 2 aromatic heterocycles. The van der Waals surface area contributed by atoms with Crippen LogP contribution in [-0.4, -0.2) is 34.0 Å². The number of likely N-dealkylation sites (tertiary alicyclic amines) is 1. The first kappa shape index (κ1) is 16.8. The molecule has 4 aromatic rings. The summed E-state index contributed by atoms with van der Waals surface area (Å²) in [5.41, 5.74) is 4.53. The normalized spacial score (nSPS) is 17.9. The third-order valence-electron chi connectivity index (χ3n) is 5.66. The summed E-state index contributed by atoms with van der Waals surface area (Å²) in [6.07, 6.45) is 5.70. The van der Waals surface area contributed by atoms with E-state index in [4.69, 9.17) is 4.98 Å². The standard InChI is InChI=1S/C23H23N3S/c1-16-5-4-11-26(16)12-10-23-25-21-9-8-17(14-22(21)27-23)19-13-18-6-2-3-7-20(18)24-15-19/h2-3,6-9,13-16H,4-5,10-12H2,1H3. The summed E-state index contributed by atoms with van der Waals surface area (Å²) in [4.78, 5) is 12.1. The van der Waals surface area contributed by atoms with Crippen LogP contribution in [0.15, 0.2) is 54.7 Å². The maximum atomic E-state index is 4.86. The van der Waals surface area contributed by atoms with E-state index in [0.29, 0.717) is 0 Å². The van der Waals surface area contributed by atoms with Gasteiger partial charge in [-0.2, -0.15) is 0 Å². The molecule has 0 bridgehead atoms. The van der Waals surface area contributed by atoms with Gasteiger partial charge in [-0.1, -0.05) is 24.3 Å². The van der Waals surface area contributed by atoms with E-state index >= 15 is 0 Å². The van der Waals surface area contributed by atoms with Crippen LogP contribution in [0.25, 0.3) is 32.2 Å². The molecule has 1 unspecified atom stereocenters. The number of fused-ring (bicyclic) bond motifs is 2. The number of rotatable bonds is 4. The fourth-order valence-corrected chi connectivity index (χ4v) is 5.05. The van der Waals surface area contributed by atoms with Crippen molar-refractivity contribution in [3.8, 4) is 11.1 Å². The predicted octanol–water partition coefficient (Wildman–Crippen LogP) is 5.54. The monoisotopic (exact) mass is 373 g/mol. The second-order valence-electron chi connectivity index (χ2n) is 7.48. The Labute approximate surface area is 163 Å². The number of pyridine rings is 1. The van der Waals surface area contributed by atoms with E-state index in [0.717, 1.165) is 35.6 Å². The molecule has 2 aromatic carbocycles. The minimum absolute atomic E-state index is 0.728. The maximum Gasteiger partial charge on any atom is 0.0951 e. The van der Waals surface area contributed by atoms with Crippen molar-refractivity contribution >= 4 is 32.5 Å². The number of thiazole rings is 1. The Balaban J connectivity index is 1.41. The average molecular weight is 374 g/mol. The summed E-state index contributed by atoms with van der Waals surface area (Å²) in [6.45, 7) is 4.71. The van der Waals surface area contributed by atoms with Gasteiger partial charge in [-0.05, 0) is 56.1 Å². The zero-order valence-corrected chi connectivity index (χ0v) is 16.4. The first-order valence-corrected chi connectivity index (χ1v) is 10.6. The van der Waals surface area contributed by atoms with Crippen molar-refractivity contribution in [2.45, 2.75) is 32.2 Å². The van der Waals surface area contributed by atoms with E-state index < -0.39 is 0 Å². The molecule has 0 radical (unpaired) electrons. The molecule has 0 spiro atoms. The Bertz CT molecular complexity index is 1100. The van der Waals surface area contributed by atoms with Crippen molar-refractivity contribution in [3.63, 3.8) is 0 Å². The van der Waals surface area contributed by atoms with Gasteiger partial charge >= 0.3 is 0 Å². The number of aromatic nitrogens is 2. The van der Waals surface area contributed by atoms with Crippen LogP contribution < -0.4 is 0 Å². The molecular formula is C23H23N3S. The van der Waals surface area contributed by atoms with Crippen LogP contribution in [0.3, 0.4) is 0 Å². The van der Waals surface area contributed by atoms with Crippen LogP contribution in [0.4, 0.5) is 0 Å². The minimum atomic E-state index is 0.728. The fraction of sp³-hybridized carbons (Fsp3) is 0.304. The van der Waals surface area contributed by atoms with Gasteiger partial charge in [-0.25, -0.2) is 4.98 Å². The molecule has 3 nitrogen and oxygen atoms in total. The third-order valence-corrected chi connectivity index (χ3v) is 6.74. The van der Waals surface area contributed by atoms with E-state index in [1.54, 1.807) is 0 Å². The van der Waals surface area contributed by atoms with Gasteiger partial charge in [-0.15, -0.1) is 11.3 Å². The molecule has 0 N–H and O–H groups in total. The first-order chi connectivity index (χ1) is 13.3. The number of para-hydroxylation sites is 1. The Morgan fingerprint density at radius 3 is 2.89 bits per heavy atom. The lowest BCUT2D eigenvalue weighted by molar-refractivity contribution is 0.272. The lowest BCUT2D eigenvalue weighted by Crippen LogP contribution is -2.28. The van der Waals surface area contributed by atoms with Crippen molar-refractivity contribution < 1.29 is 0 Å². The van der Waals surface area contributed by atoms with Crippen molar-refractivity contribution in [1.29, 1.82) is 0 Å². The third kappa shape index (κ3) is 3.35. The van der Waals surface area contributed by atoms with Crippen LogP contribution >= 0.6 is 11.3 Å². The van der Waals surface area contributed by atoms with Crippen LogP contribution in [-0.2, 0) is 6.42 Å². The maximum absolute atomic E-state index is 4.86. The molecule has 136 valence electrons. The first-order valence-electron chi connectivity index (χ1n) is 9.75. The van der Waals surface area contributed by atoms with Gasteiger partial charge in [0.25, 0.3) is 0 Å². The molecule has 1 atom stereocenters. The van der Waals surface area contributed by atoms with E-state index in [-0.39, 0.29) is 0 Å². The van der Waals surface area contributed by atoms with Gasteiger partial charge < -0.3 is 4.90 Å². The van der Waals surface area contributed by atoms with Gasteiger partial charge in [0.2, 0.25) is 0 Å². The molecule has 1 fully saturated rings. The fourth-order valence-electron chi connectivity index (χ4n) is 4.05. The molecule has 1 aliphatic rings. The lowest BCUT2D eigenvalue weighted by atomic mass is 10.1. The summed E-state index contributed by atoms with van der Waals surface area (Å²) in [6, 6.07) is 17.8. The van der Waals surface area contributed by atoms with Crippen LogP contribution in [0.1, 0.15) is 24.8 Å². The topological polar surface area (TPSA) is 29.0 Å². The van der Waals surface area contributed by atoms with Crippen molar-refractivity contribution in [2.75, 3.05) is 13.1 Å². The van der Waals surface area contributed by atoms with E-state index in [1.807, 2.05) is 23.6 Å². The number of benzene rings is 2. The zero-order chi connectivity index (χ0) is 18.2. The highest BCUT2D eigenvalue weighted by Gasteiger charge is 2.20. The van der Waals surface area contributed by atoms with Crippen molar-refractivity contribution in [2.24, 2.45) is 0 Å². The van der Waals surface area contributed by atoms with E-state index in [1.165, 1.54) is 40.0 Å². The second kappa shape index (κ2) is 7.02. The van der Waals surface area contributed by atoms with Crippen molar-refractivity contribution in [3.05, 3.63) is 59.7 Å². The Hall–Kier alpha value is -2.30. The Morgan fingerprint density at radius 1 is 1.07 bits per heavy atom. The zero-order valence-electron chi connectivity index (χ0n) is 15.6. The summed E-state index contributed by atoms with van der Waals surface area (Å²) < 4.78 is 1.27. The van der Waals surface area contributed by atoms with Gasteiger partial charge in [0.05, 0.1) is 20.7 Å². The second-order valence-corrected chi connectivity index (χ2v) is 8.60. The molecule has 27 heavy (non-hydrogen) atoms. The summed E-state index contributed by atoms with van der Waals surface area (Å²) in [5, 5.41) is 2.43. The predicted molar refractivity (Wildman–Crippen MR) is 114 cm³/mol. The largest absolute Gasteiger partial charge is 0.300 e. The molecule has 4 heteroatoms. The molecule has 5 rings (SSSR count). The molecule has 3 heterocycles. The number of hydrogen-bond donors (Lipinski definition) is 0. The van der Waals surface area contributed by atoms with E-state index in [2.05, 4.69) is 59.3 Å². The van der Waals surface area contributed by atoms with Crippen LogP contribution in [0.5, 0.6) is 0 Å². The van der Waals surface area contributed by atoms with Gasteiger partial charge in [-0.3, -0.25) is 4.98 Å². The summed E-state index contributed by atoms with van der Waals surface area (Å²) >= 11 is 1.84. The van der Waals surface area contributed by atoms with Crippen molar-refractivity contribution in [1.82, 2.24) is 14.9 Å². The molecule has 0 saturated carbocycles. The molecular weight excluding hydrogens is 350 g/mol. The Kier molecular flexibility index (Phi) is 4.38. The Morgan fingerprint density at radius 2 is 2.00 bits per heavy atom. The lowest BCUT2D eigenvalue weighted by Gasteiger charge is -2.19. The summed E-state index contributed by atoms with van der Waals surface area (Å²) in [5.74, 6) is 0. The van der Waals surface area contributed by atoms with Gasteiger partial charge in [0.15, 0.2) is 0 Å². The van der Waals surface area contributed by atoms with Gasteiger partial charge in [0, 0.05) is 36.2 Å². The van der Waals surface area contributed by atoms with E-state index in [9.17, 15) is 0 Å². The summed E-state index contributed by atoms with van der Waals surface area (Å²) in [7, 11) is 0. The van der Waals surface area contributed by atoms with Crippen LogP contribution in [0.2, 0.25) is 0 Å². The number of hydrogen-bond acceptors (Lipinski definition) is 4. The molecule has 0 amide bonds. The minimum Gasteiger partial charge on any atom is -0.300 e. The highest BCUT2D eigenvalue weighted by Crippen LogP contribution is 2.30. The molecule has 1 aliphatic heterocycles. The van der Waals surface area contributed by atoms with Crippen LogP contribution in [0, 0.1) is 0 Å². The highest BCUT2D eigenvalue weighted by atomic mass is 32.1. The number of nitrogens with zero attached hydrogens (tertiary/aromatic N) is 3. The average Bonchev–Trinajstić information content (AvgIpc) is 3.30.